The number of rotatable bonds is 8. The molecule has 8 heteroatoms. The third kappa shape index (κ3) is 5.01. The van der Waals surface area contributed by atoms with E-state index in [4.69, 9.17) is 4.74 Å². The average molecular weight is 421 g/mol. The van der Waals surface area contributed by atoms with Crippen LogP contribution in [0.1, 0.15) is 0 Å². The maximum absolute atomic E-state index is 13.1. The molecule has 1 aromatic heterocycles. The molecule has 148 valence electrons. The second kappa shape index (κ2) is 9.36. The van der Waals surface area contributed by atoms with Crippen LogP contribution in [0.3, 0.4) is 0 Å². The second-order valence-electron chi connectivity index (χ2n) is 6.55. The standard InChI is InChI=1S/C20H22FN3O2S2/c1-23(2)11-12-24(18(25)13-27-15-9-7-14(21)8-10-15)20-22-19-16(26-3)5-4-6-17(19)28-20/h4-10H,11-13H2,1-3H3/p+1. The predicted molar refractivity (Wildman–Crippen MR) is 113 cm³/mol. The van der Waals surface area contributed by atoms with Crippen molar-refractivity contribution in [2.45, 2.75) is 4.90 Å². The fraction of sp³-hybridized carbons (Fsp3) is 0.300. The minimum Gasteiger partial charge on any atom is -0.494 e. The van der Waals surface area contributed by atoms with Gasteiger partial charge in [0.1, 0.15) is 17.1 Å². The highest BCUT2D eigenvalue weighted by Crippen LogP contribution is 2.34. The van der Waals surface area contributed by atoms with E-state index in [2.05, 4.69) is 19.1 Å². The van der Waals surface area contributed by atoms with Gasteiger partial charge in [-0.05, 0) is 36.4 Å². The molecule has 0 saturated carbocycles. The number of hydrogen-bond acceptors (Lipinski definition) is 5. The lowest BCUT2D eigenvalue weighted by Crippen LogP contribution is -3.06. The normalized spacial score (nSPS) is 11.2. The third-order valence-electron chi connectivity index (χ3n) is 4.13. The number of carbonyl (C=O) groups is 1. The summed E-state index contributed by atoms with van der Waals surface area (Å²) >= 11 is 2.88. The Balaban J connectivity index is 1.81. The Bertz CT molecular complexity index is 944. The van der Waals surface area contributed by atoms with Crippen molar-refractivity contribution in [1.82, 2.24) is 4.98 Å². The molecule has 3 aromatic rings. The molecule has 5 nitrogen and oxygen atoms in total. The number of likely N-dealkylation sites (N-methyl/N-ethyl adjacent to an activating group) is 1. The van der Waals surface area contributed by atoms with E-state index in [1.54, 1.807) is 24.1 Å². The molecule has 0 aliphatic rings. The number of nitrogens with one attached hydrogen (secondary N) is 1. The van der Waals surface area contributed by atoms with Gasteiger partial charge in [0, 0.05) is 4.90 Å². The number of methoxy groups -OCH3 is 1. The highest BCUT2D eigenvalue weighted by atomic mass is 32.2. The number of anilines is 1. The molecule has 0 saturated heterocycles. The molecule has 3 rings (SSSR count). The van der Waals surface area contributed by atoms with Crippen LogP contribution < -0.4 is 14.5 Å². The molecule has 0 unspecified atom stereocenters. The Hall–Kier alpha value is -2.16. The Morgan fingerprint density at radius 2 is 2.00 bits per heavy atom. The zero-order valence-electron chi connectivity index (χ0n) is 16.1. The summed E-state index contributed by atoms with van der Waals surface area (Å²) in [5, 5.41) is 0.672. The lowest BCUT2D eigenvalue weighted by Gasteiger charge is -2.20. The number of para-hydroxylation sites is 1. The summed E-state index contributed by atoms with van der Waals surface area (Å²) in [5.41, 5.74) is 0.770. The van der Waals surface area contributed by atoms with E-state index in [-0.39, 0.29) is 17.5 Å². The van der Waals surface area contributed by atoms with Crippen molar-refractivity contribution in [2.75, 3.05) is 44.9 Å². The first kappa shape index (κ1) is 20.6. The number of thioether (sulfide) groups is 1. The first-order valence-electron chi connectivity index (χ1n) is 8.89. The number of thiazole rings is 1. The number of halogens is 1. The first-order chi connectivity index (χ1) is 13.5. The minimum absolute atomic E-state index is 0.0198. The van der Waals surface area contributed by atoms with Crippen LogP contribution in [-0.2, 0) is 4.79 Å². The van der Waals surface area contributed by atoms with Crippen LogP contribution >= 0.6 is 23.1 Å². The lowest BCUT2D eigenvalue weighted by atomic mass is 10.3. The van der Waals surface area contributed by atoms with Crippen molar-refractivity contribution in [3.63, 3.8) is 0 Å². The number of nitrogens with zero attached hydrogens (tertiary/aromatic N) is 2. The number of carbonyl (C=O) groups excluding carboxylic acids is 1. The summed E-state index contributed by atoms with van der Waals surface area (Å²) in [6.07, 6.45) is 0. The van der Waals surface area contributed by atoms with E-state index in [0.29, 0.717) is 17.4 Å². The molecule has 0 bridgehead atoms. The fourth-order valence-electron chi connectivity index (χ4n) is 2.61. The van der Waals surface area contributed by atoms with Crippen LogP contribution in [0, 0.1) is 5.82 Å². The molecular weight excluding hydrogens is 397 g/mol. The highest BCUT2D eigenvalue weighted by Gasteiger charge is 2.21. The van der Waals surface area contributed by atoms with Gasteiger partial charge < -0.3 is 9.64 Å². The fourth-order valence-corrected chi connectivity index (χ4v) is 4.41. The number of quaternary nitrogens is 1. The van der Waals surface area contributed by atoms with E-state index in [0.717, 1.165) is 21.7 Å². The van der Waals surface area contributed by atoms with E-state index in [9.17, 15) is 9.18 Å². The smallest absolute Gasteiger partial charge is 0.239 e. The molecule has 0 aliphatic heterocycles. The topological polar surface area (TPSA) is 46.9 Å². The van der Waals surface area contributed by atoms with Gasteiger partial charge in [0.15, 0.2) is 5.13 Å². The predicted octanol–water partition coefficient (Wildman–Crippen LogP) is 2.71. The van der Waals surface area contributed by atoms with Crippen LogP contribution in [-0.4, -0.2) is 50.9 Å². The number of amides is 1. The lowest BCUT2D eigenvalue weighted by molar-refractivity contribution is -0.856. The van der Waals surface area contributed by atoms with E-state index >= 15 is 0 Å². The van der Waals surface area contributed by atoms with E-state index < -0.39 is 0 Å². The molecule has 1 amide bonds. The van der Waals surface area contributed by atoms with Crippen molar-refractivity contribution in [1.29, 1.82) is 0 Å². The molecule has 2 aromatic carbocycles. The zero-order valence-corrected chi connectivity index (χ0v) is 17.7. The Morgan fingerprint density at radius 3 is 2.68 bits per heavy atom. The number of ether oxygens (including phenoxy) is 1. The Labute approximate surface area is 172 Å². The van der Waals surface area contributed by atoms with Crippen LogP contribution in [0.15, 0.2) is 47.4 Å². The third-order valence-corrected chi connectivity index (χ3v) is 6.17. The summed E-state index contributed by atoms with van der Waals surface area (Å²) in [5.74, 6) is 0.663. The number of aromatic nitrogens is 1. The van der Waals surface area contributed by atoms with E-state index in [1.807, 2.05) is 18.2 Å². The SMILES string of the molecule is COc1cccc2sc(N(CC[NH+](C)C)C(=O)CSc3ccc(F)cc3)nc12. The highest BCUT2D eigenvalue weighted by molar-refractivity contribution is 8.00. The van der Waals surface area contributed by atoms with Gasteiger partial charge in [-0.3, -0.25) is 9.69 Å². The molecule has 0 atom stereocenters. The van der Waals surface area contributed by atoms with Gasteiger partial charge in [-0.25, -0.2) is 9.37 Å². The quantitative estimate of drug-likeness (QED) is 0.570. The maximum atomic E-state index is 13.1. The van der Waals surface area contributed by atoms with Gasteiger partial charge in [0.05, 0.1) is 44.7 Å². The molecule has 0 fully saturated rings. The first-order valence-corrected chi connectivity index (χ1v) is 10.7. The van der Waals surface area contributed by atoms with Gasteiger partial charge in [0.2, 0.25) is 5.91 Å². The van der Waals surface area contributed by atoms with Crippen LogP contribution in [0.25, 0.3) is 10.2 Å². The largest absolute Gasteiger partial charge is 0.494 e. The van der Waals surface area contributed by atoms with Crippen molar-refractivity contribution in [3.8, 4) is 5.75 Å². The summed E-state index contributed by atoms with van der Waals surface area (Å²) < 4.78 is 19.4. The maximum Gasteiger partial charge on any atom is 0.239 e. The minimum atomic E-state index is -0.283. The van der Waals surface area contributed by atoms with Gasteiger partial charge >= 0.3 is 0 Å². The number of hydrogen-bond donors (Lipinski definition) is 1. The van der Waals surface area contributed by atoms with Crippen molar-refractivity contribution >= 4 is 44.4 Å². The van der Waals surface area contributed by atoms with Crippen LogP contribution in [0.4, 0.5) is 9.52 Å². The van der Waals surface area contributed by atoms with Crippen LogP contribution in [0.5, 0.6) is 5.75 Å². The summed E-state index contributed by atoms with van der Waals surface area (Å²) in [6.45, 7) is 1.38. The van der Waals surface area contributed by atoms with Gasteiger partial charge in [-0.2, -0.15) is 0 Å². The van der Waals surface area contributed by atoms with Crippen LogP contribution in [0.2, 0.25) is 0 Å². The molecule has 0 spiro atoms. The van der Waals surface area contributed by atoms with Gasteiger partial charge in [-0.15, -0.1) is 11.8 Å². The summed E-state index contributed by atoms with van der Waals surface area (Å²) in [7, 11) is 5.72. The van der Waals surface area contributed by atoms with E-state index in [1.165, 1.54) is 40.1 Å². The Morgan fingerprint density at radius 1 is 1.25 bits per heavy atom. The molecule has 0 radical (unpaired) electrons. The zero-order chi connectivity index (χ0) is 20.1. The number of benzene rings is 2. The molecule has 0 aliphatic carbocycles. The molecule has 1 heterocycles. The van der Waals surface area contributed by atoms with Gasteiger partial charge in [0.25, 0.3) is 0 Å². The average Bonchev–Trinajstić information content (AvgIpc) is 3.11. The number of fused-ring (bicyclic) bond motifs is 1. The molecule has 28 heavy (non-hydrogen) atoms. The molecular formula is C20H23FN3O2S2+. The monoisotopic (exact) mass is 420 g/mol. The second-order valence-corrected chi connectivity index (χ2v) is 8.61. The van der Waals surface area contributed by atoms with Crippen molar-refractivity contribution < 1.29 is 18.8 Å². The summed E-state index contributed by atoms with van der Waals surface area (Å²) in [6, 6.07) is 11.9. The van der Waals surface area contributed by atoms with Crippen molar-refractivity contribution in [3.05, 3.63) is 48.3 Å². The van der Waals surface area contributed by atoms with Crippen molar-refractivity contribution in [2.24, 2.45) is 0 Å². The van der Waals surface area contributed by atoms with Gasteiger partial charge in [-0.1, -0.05) is 17.4 Å². The molecule has 1 N–H and O–H groups in total. The Kier molecular flexibility index (Phi) is 6.88. The summed E-state index contributed by atoms with van der Waals surface area (Å²) in [4.78, 5) is 21.5.